The third kappa shape index (κ3) is 1.89. The average Bonchev–Trinajstić information content (AvgIpc) is 1.90. The molecule has 4 heteroatoms. The van der Waals surface area contributed by atoms with Crippen molar-refractivity contribution < 1.29 is 9.47 Å². The summed E-state index contributed by atoms with van der Waals surface area (Å²) in [6.07, 6.45) is -0.159. The monoisotopic (exact) mass is 147 g/mol. The zero-order valence-electron chi connectivity index (χ0n) is 5.00. The molecule has 0 bridgehead atoms. The van der Waals surface area contributed by atoms with Crippen LogP contribution in [-0.4, -0.2) is 30.9 Å². The van der Waals surface area contributed by atoms with Crippen molar-refractivity contribution in [2.75, 3.05) is 19.8 Å². The van der Waals surface area contributed by atoms with Crippen LogP contribution in [0.1, 0.15) is 0 Å². The lowest BCUT2D eigenvalue weighted by Gasteiger charge is -2.21. The maximum absolute atomic E-state index is 5.29. The molecule has 0 spiro atoms. The van der Waals surface area contributed by atoms with E-state index in [9.17, 15) is 0 Å². The van der Waals surface area contributed by atoms with Gasteiger partial charge in [-0.3, -0.25) is 0 Å². The molecule has 3 nitrogen and oxygen atoms in total. The highest BCUT2D eigenvalue weighted by molar-refractivity contribution is 7.80. The van der Waals surface area contributed by atoms with Crippen LogP contribution in [0.3, 0.4) is 0 Å². The van der Waals surface area contributed by atoms with Gasteiger partial charge < -0.3 is 15.2 Å². The van der Waals surface area contributed by atoms with Crippen molar-refractivity contribution in [3.8, 4) is 0 Å². The number of hydrogen-bond donors (Lipinski definition) is 1. The van der Waals surface area contributed by atoms with E-state index >= 15 is 0 Å². The van der Waals surface area contributed by atoms with E-state index in [1.165, 1.54) is 0 Å². The molecule has 1 atom stereocenters. The molecule has 0 aromatic carbocycles. The number of ether oxygens (including phenoxy) is 2. The lowest BCUT2D eigenvalue weighted by Crippen LogP contribution is -2.38. The smallest absolute Gasteiger partial charge is 0.131 e. The van der Waals surface area contributed by atoms with Crippen LogP contribution in [0, 0.1) is 0 Å². The van der Waals surface area contributed by atoms with E-state index in [-0.39, 0.29) is 6.10 Å². The van der Waals surface area contributed by atoms with E-state index in [4.69, 9.17) is 15.2 Å². The molecule has 1 heterocycles. The van der Waals surface area contributed by atoms with E-state index in [0.29, 0.717) is 24.8 Å². The first-order valence-corrected chi connectivity index (χ1v) is 3.20. The van der Waals surface area contributed by atoms with E-state index in [1.807, 2.05) is 0 Å². The van der Waals surface area contributed by atoms with Gasteiger partial charge >= 0.3 is 0 Å². The largest absolute Gasteiger partial charge is 0.391 e. The van der Waals surface area contributed by atoms with Gasteiger partial charge in [0, 0.05) is 0 Å². The molecule has 1 aliphatic rings. The van der Waals surface area contributed by atoms with Crippen LogP contribution in [0.2, 0.25) is 0 Å². The highest BCUT2D eigenvalue weighted by Crippen LogP contribution is 1.99. The molecule has 52 valence electrons. The summed E-state index contributed by atoms with van der Waals surface area (Å²) in [6, 6.07) is 0. The molecular weight excluding hydrogens is 138 g/mol. The molecule has 1 unspecified atom stereocenters. The minimum absolute atomic E-state index is 0.159. The van der Waals surface area contributed by atoms with Crippen LogP contribution in [-0.2, 0) is 9.47 Å². The summed E-state index contributed by atoms with van der Waals surface area (Å²) in [5.74, 6) is 0. The first-order chi connectivity index (χ1) is 4.30. The van der Waals surface area contributed by atoms with Crippen molar-refractivity contribution in [3.05, 3.63) is 0 Å². The van der Waals surface area contributed by atoms with Gasteiger partial charge in [0.2, 0.25) is 0 Å². The Morgan fingerprint density at radius 3 is 2.67 bits per heavy atom. The Bertz CT molecular complexity index is 112. The molecule has 0 saturated carbocycles. The summed E-state index contributed by atoms with van der Waals surface area (Å²) in [7, 11) is 0. The molecule has 0 aromatic heterocycles. The fourth-order valence-electron chi connectivity index (χ4n) is 0.652. The zero-order valence-corrected chi connectivity index (χ0v) is 5.82. The fourth-order valence-corrected chi connectivity index (χ4v) is 0.788. The number of hydrogen-bond acceptors (Lipinski definition) is 3. The second kappa shape index (κ2) is 3.10. The second-order valence-electron chi connectivity index (χ2n) is 1.84. The van der Waals surface area contributed by atoms with Crippen LogP contribution in [0.15, 0.2) is 0 Å². The van der Waals surface area contributed by atoms with Gasteiger partial charge in [-0.25, -0.2) is 0 Å². The molecule has 1 saturated heterocycles. The van der Waals surface area contributed by atoms with Gasteiger partial charge in [-0.15, -0.1) is 0 Å². The molecule has 0 amide bonds. The van der Waals surface area contributed by atoms with Crippen molar-refractivity contribution in [2.45, 2.75) is 6.10 Å². The van der Waals surface area contributed by atoms with E-state index in [2.05, 4.69) is 12.2 Å². The Hall–Kier alpha value is -0.190. The summed E-state index contributed by atoms with van der Waals surface area (Å²) in [4.78, 5) is 0.384. The third-order valence-electron chi connectivity index (χ3n) is 1.13. The lowest BCUT2D eigenvalue weighted by molar-refractivity contribution is -0.0588. The maximum Gasteiger partial charge on any atom is 0.131 e. The van der Waals surface area contributed by atoms with Gasteiger partial charge in [0.1, 0.15) is 11.1 Å². The third-order valence-corrected chi connectivity index (χ3v) is 1.40. The molecule has 2 N–H and O–H groups in total. The average molecular weight is 147 g/mol. The summed E-state index contributed by atoms with van der Waals surface area (Å²) < 4.78 is 10.2. The number of rotatable bonds is 1. The summed E-state index contributed by atoms with van der Waals surface area (Å²) in [6.45, 7) is 1.76. The van der Waals surface area contributed by atoms with E-state index < -0.39 is 0 Å². The highest BCUT2D eigenvalue weighted by atomic mass is 32.1. The molecule has 0 aliphatic carbocycles. The van der Waals surface area contributed by atoms with Crippen LogP contribution < -0.4 is 5.73 Å². The first-order valence-electron chi connectivity index (χ1n) is 2.79. The molecule has 9 heavy (non-hydrogen) atoms. The highest BCUT2D eigenvalue weighted by Gasteiger charge is 2.15. The Balaban J connectivity index is 2.31. The van der Waals surface area contributed by atoms with Crippen LogP contribution in [0.5, 0.6) is 0 Å². The Kier molecular flexibility index (Phi) is 2.38. The van der Waals surface area contributed by atoms with E-state index in [0.717, 1.165) is 0 Å². The van der Waals surface area contributed by atoms with Crippen molar-refractivity contribution >= 4 is 17.2 Å². The SMILES string of the molecule is NC(=S)C1COCCO1. The topological polar surface area (TPSA) is 44.5 Å². The molecule has 1 fully saturated rings. The standard InChI is InChI=1S/C5H9NO2S/c6-5(9)4-3-7-1-2-8-4/h4H,1-3H2,(H2,6,9). The predicted octanol–water partition coefficient (Wildman–Crippen LogP) is -0.312. The van der Waals surface area contributed by atoms with Crippen LogP contribution >= 0.6 is 12.2 Å². The van der Waals surface area contributed by atoms with Gasteiger partial charge in [0.15, 0.2) is 0 Å². The molecule has 0 radical (unpaired) electrons. The van der Waals surface area contributed by atoms with Crippen molar-refractivity contribution in [2.24, 2.45) is 5.73 Å². The summed E-state index contributed by atoms with van der Waals surface area (Å²) in [5, 5.41) is 0. The fraction of sp³-hybridized carbons (Fsp3) is 0.800. The Morgan fingerprint density at radius 2 is 2.33 bits per heavy atom. The van der Waals surface area contributed by atoms with Gasteiger partial charge in [-0.05, 0) is 0 Å². The lowest BCUT2D eigenvalue weighted by atomic mass is 10.3. The normalized spacial score (nSPS) is 27.8. The van der Waals surface area contributed by atoms with Crippen LogP contribution in [0.25, 0.3) is 0 Å². The minimum Gasteiger partial charge on any atom is -0.391 e. The number of nitrogens with two attached hydrogens (primary N) is 1. The Morgan fingerprint density at radius 1 is 1.56 bits per heavy atom. The van der Waals surface area contributed by atoms with Crippen molar-refractivity contribution in [3.63, 3.8) is 0 Å². The molecule has 0 aromatic rings. The van der Waals surface area contributed by atoms with E-state index in [1.54, 1.807) is 0 Å². The first kappa shape index (κ1) is 6.92. The zero-order chi connectivity index (χ0) is 6.69. The molecular formula is C5H9NO2S. The van der Waals surface area contributed by atoms with Gasteiger partial charge in [-0.2, -0.15) is 0 Å². The number of thiocarbonyl (C=S) groups is 1. The van der Waals surface area contributed by atoms with Crippen LogP contribution in [0.4, 0.5) is 0 Å². The van der Waals surface area contributed by atoms with Crippen molar-refractivity contribution in [1.82, 2.24) is 0 Å². The second-order valence-corrected chi connectivity index (χ2v) is 2.31. The van der Waals surface area contributed by atoms with Gasteiger partial charge in [-0.1, -0.05) is 12.2 Å². The maximum atomic E-state index is 5.29. The van der Waals surface area contributed by atoms with Gasteiger partial charge in [0.05, 0.1) is 19.8 Å². The Labute approximate surface area is 59.1 Å². The molecule has 1 rings (SSSR count). The molecule has 1 aliphatic heterocycles. The van der Waals surface area contributed by atoms with Gasteiger partial charge in [0.25, 0.3) is 0 Å². The predicted molar refractivity (Wildman–Crippen MR) is 37.3 cm³/mol. The summed E-state index contributed by atoms with van der Waals surface area (Å²) in [5.41, 5.74) is 5.29. The summed E-state index contributed by atoms with van der Waals surface area (Å²) >= 11 is 4.69. The minimum atomic E-state index is -0.159. The van der Waals surface area contributed by atoms with Crippen molar-refractivity contribution in [1.29, 1.82) is 0 Å². The quantitative estimate of drug-likeness (QED) is 0.517.